The van der Waals surface area contributed by atoms with Crippen molar-refractivity contribution in [3.05, 3.63) is 42.1 Å². The van der Waals surface area contributed by atoms with Gasteiger partial charge in [-0.2, -0.15) is 0 Å². The van der Waals surface area contributed by atoms with E-state index in [4.69, 9.17) is 15.6 Å². The Morgan fingerprint density at radius 2 is 2.25 bits per heavy atom. The van der Waals surface area contributed by atoms with Crippen molar-refractivity contribution in [1.82, 2.24) is 4.98 Å². The maximum Gasteiger partial charge on any atom is 0.142 e. The van der Waals surface area contributed by atoms with Gasteiger partial charge in [-0.25, -0.2) is 0 Å². The molecule has 3 N–H and O–H groups in total. The molecule has 0 unspecified atom stereocenters. The van der Waals surface area contributed by atoms with Crippen molar-refractivity contribution in [3.8, 4) is 0 Å². The summed E-state index contributed by atoms with van der Waals surface area (Å²) in [4.78, 5) is 5.96. The normalized spacial score (nSPS) is 10.3. The number of amidine groups is 1. The van der Waals surface area contributed by atoms with E-state index in [-0.39, 0.29) is 5.84 Å². The van der Waals surface area contributed by atoms with E-state index >= 15 is 0 Å². The first-order valence-electron chi connectivity index (χ1n) is 4.70. The summed E-state index contributed by atoms with van der Waals surface area (Å²) in [5.41, 5.74) is 5.97. The van der Waals surface area contributed by atoms with Crippen LogP contribution in [-0.4, -0.2) is 10.8 Å². The van der Waals surface area contributed by atoms with Gasteiger partial charge in [0.2, 0.25) is 0 Å². The van der Waals surface area contributed by atoms with Crippen LogP contribution in [0.3, 0.4) is 0 Å². The average molecular weight is 233 g/mol. The SMILES string of the molecule is Cc1occc1Sc1cccnc1C(=N)N. The minimum Gasteiger partial charge on any atom is -0.468 e. The highest BCUT2D eigenvalue weighted by atomic mass is 32.2. The second-order valence-corrected chi connectivity index (χ2v) is 4.29. The number of nitrogens with zero attached hydrogens (tertiary/aromatic N) is 1. The molecular formula is C11H11N3OS. The molecular weight excluding hydrogens is 222 g/mol. The highest BCUT2D eigenvalue weighted by Gasteiger charge is 2.10. The molecule has 2 rings (SSSR count). The summed E-state index contributed by atoms with van der Waals surface area (Å²) >= 11 is 1.50. The molecule has 0 amide bonds. The van der Waals surface area contributed by atoms with E-state index in [1.165, 1.54) is 11.8 Å². The molecule has 0 aliphatic heterocycles. The fourth-order valence-corrected chi connectivity index (χ4v) is 2.23. The Morgan fingerprint density at radius 1 is 1.44 bits per heavy atom. The molecule has 0 radical (unpaired) electrons. The third-order valence-electron chi connectivity index (χ3n) is 2.06. The molecule has 0 atom stereocenters. The highest BCUT2D eigenvalue weighted by Crippen LogP contribution is 2.32. The van der Waals surface area contributed by atoms with Gasteiger partial charge >= 0.3 is 0 Å². The Balaban J connectivity index is 2.35. The van der Waals surface area contributed by atoms with Crippen molar-refractivity contribution in [1.29, 1.82) is 5.41 Å². The van der Waals surface area contributed by atoms with Crippen LogP contribution in [0.1, 0.15) is 11.5 Å². The second-order valence-electron chi connectivity index (χ2n) is 3.21. The van der Waals surface area contributed by atoms with E-state index in [1.807, 2.05) is 25.1 Å². The lowest BCUT2D eigenvalue weighted by molar-refractivity contribution is 0.527. The van der Waals surface area contributed by atoms with E-state index < -0.39 is 0 Å². The Labute approximate surface area is 97.4 Å². The predicted molar refractivity (Wildman–Crippen MR) is 62.8 cm³/mol. The lowest BCUT2D eigenvalue weighted by atomic mass is 10.3. The lowest BCUT2D eigenvalue weighted by Crippen LogP contribution is -2.14. The van der Waals surface area contributed by atoms with Gasteiger partial charge in [0.1, 0.15) is 17.3 Å². The van der Waals surface area contributed by atoms with Crippen LogP contribution >= 0.6 is 11.8 Å². The predicted octanol–water partition coefficient (Wildman–Crippen LogP) is 2.42. The Bertz CT molecular complexity index is 521. The fraction of sp³-hybridized carbons (Fsp3) is 0.0909. The number of pyridine rings is 1. The van der Waals surface area contributed by atoms with Crippen molar-refractivity contribution in [2.75, 3.05) is 0 Å². The number of nitrogen functional groups attached to an aromatic ring is 1. The molecule has 2 heterocycles. The zero-order valence-electron chi connectivity index (χ0n) is 8.73. The van der Waals surface area contributed by atoms with E-state index in [1.54, 1.807) is 12.5 Å². The number of nitrogens with one attached hydrogen (secondary N) is 1. The third-order valence-corrected chi connectivity index (χ3v) is 3.25. The summed E-state index contributed by atoms with van der Waals surface area (Å²) in [6, 6.07) is 5.60. The second kappa shape index (κ2) is 4.40. The quantitative estimate of drug-likeness (QED) is 0.630. The van der Waals surface area contributed by atoms with Gasteiger partial charge in [0.05, 0.1) is 11.2 Å². The van der Waals surface area contributed by atoms with Crippen LogP contribution in [0.5, 0.6) is 0 Å². The van der Waals surface area contributed by atoms with E-state index in [0.29, 0.717) is 5.69 Å². The maximum atomic E-state index is 7.44. The standard InChI is InChI=1S/C11H11N3OS/c1-7-8(4-6-15-7)16-9-3-2-5-14-10(9)11(12)13/h2-6H,1H3,(H3,12,13). The minimum atomic E-state index is -0.0238. The zero-order valence-corrected chi connectivity index (χ0v) is 9.54. The van der Waals surface area contributed by atoms with Gasteiger partial charge in [-0.1, -0.05) is 11.8 Å². The van der Waals surface area contributed by atoms with Gasteiger partial charge in [-0.05, 0) is 25.1 Å². The Kier molecular flexibility index (Phi) is 2.96. The van der Waals surface area contributed by atoms with Crippen molar-refractivity contribution in [2.45, 2.75) is 16.7 Å². The van der Waals surface area contributed by atoms with Crippen molar-refractivity contribution >= 4 is 17.6 Å². The van der Waals surface area contributed by atoms with Crippen LogP contribution in [0.4, 0.5) is 0 Å². The summed E-state index contributed by atoms with van der Waals surface area (Å²) in [5, 5.41) is 7.44. The summed E-state index contributed by atoms with van der Waals surface area (Å²) < 4.78 is 5.21. The first-order valence-corrected chi connectivity index (χ1v) is 5.51. The van der Waals surface area contributed by atoms with Crippen LogP contribution < -0.4 is 5.73 Å². The molecule has 0 fully saturated rings. The summed E-state index contributed by atoms with van der Waals surface area (Å²) in [7, 11) is 0. The maximum absolute atomic E-state index is 7.44. The number of hydrogen-bond acceptors (Lipinski definition) is 4. The van der Waals surface area contributed by atoms with Crippen LogP contribution in [0.2, 0.25) is 0 Å². The molecule has 4 nitrogen and oxygen atoms in total. The smallest absolute Gasteiger partial charge is 0.142 e. The molecule has 0 spiro atoms. The minimum absolute atomic E-state index is 0.0238. The molecule has 2 aromatic heterocycles. The van der Waals surface area contributed by atoms with Crippen LogP contribution in [0.25, 0.3) is 0 Å². The van der Waals surface area contributed by atoms with Crippen molar-refractivity contribution in [2.24, 2.45) is 5.73 Å². The molecule has 0 aromatic carbocycles. The van der Waals surface area contributed by atoms with Gasteiger partial charge < -0.3 is 10.2 Å². The molecule has 16 heavy (non-hydrogen) atoms. The number of hydrogen-bond donors (Lipinski definition) is 2. The Morgan fingerprint density at radius 3 is 2.88 bits per heavy atom. The largest absolute Gasteiger partial charge is 0.468 e. The third kappa shape index (κ3) is 2.09. The van der Waals surface area contributed by atoms with E-state index in [9.17, 15) is 0 Å². The number of rotatable bonds is 3. The fourth-order valence-electron chi connectivity index (χ4n) is 1.27. The zero-order chi connectivity index (χ0) is 11.5. The summed E-state index contributed by atoms with van der Waals surface area (Å²) in [6.07, 6.45) is 3.27. The molecule has 0 aliphatic carbocycles. The van der Waals surface area contributed by atoms with Crippen LogP contribution in [0, 0.1) is 12.3 Å². The number of furan rings is 1. The first kappa shape index (κ1) is 10.8. The van der Waals surface area contributed by atoms with Crippen molar-refractivity contribution in [3.63, 3.8) is 0 Å². The molecule has 0 saturated heterocycles. The molecule has 0 saturated carbocycles. The number of aromatic nitrogens is 1. The van der Waals surface area contributed by atoms with Gasteiger partial charge in [-0.15, -0.1) is 0 Å². The van der Waals surface area contributed by atoms with Gasteiger partial charge in [0.15, 0.2) is 0 Å². The van der Waals surface area contributed by atoms with E-state index in [0.717, 1.165) is 15.6 Å². The highest BCUT2D eigenvalue weighted by molar-refractivity contribution is 7.99. The number of nitrogens with two attached hydrogens (primary N) is 1. The van der Waals surface area contributed by atoms with Gasteiger partial charge in [0, 0.05) is 11.1 Å². The number of aryl methyl sites for hydroxylation is 1. The molecule has 0 aliphatic rings. The first-order chi connectivity index (χ1) is 7.68. The monoisotopic (exact) mass is 233 g/mol. The molecule has 5 heteroatoms. The Hall–Kier alpha value is -1.75. The average Bonchev–Trinajstić information content (AvgIpc) is 2.65. The lowest BCUT2D eigenvalue weighted by Gasteiger charge is -2.05. The summed E-state index contributed by atoms with van der Waals surface area (Å²) in [5.74, 6) is 0.826. The van der Waals surface area contributed by atoms with Crippen LogP contribution in [-0.2, 0) is 0 Å². The topological polar surface area (TPSA) is 75.9 Å². The van der Waals surface area contributed by atoms with Gasteiger partial charge in [-0.3, -0.25) is 10.4 Å². The van der Waals surface area contributed by atoms with E-state index in [2.05, 4.69) is 4.98 Å². The molecule has 2 aromatic rings. The van der Waals surface area contributed by atoms with Crippen molar-refractivity contribution < 1.29 is 4.42 Å². The van der Waals surface area contributed by atoms with Crippen LogP contribution in [0.15, 0.2) is 44.9 Å². The molecule has 82 valence electrons. The van der Waals surface area contributed by atoms with Gasteiger partial charge in [0.25, 0.3) is 0 Å². The summed E-state index contributed by atoms with van der Waals surface area (Å²) in [6.45, 7) is 1.89. The molecule has 0 bridgehead atoms.